The minimum atomic E-state index is -0.0495. The molecule has 0 aliphatic carbocycles. The molecule has 0 saturated heterocycles. The zero-order chi connectivity index (χ0) is 20.2. The Kier molecular flexibility index (Phi) is 5.43. The molecule has 0 bridgehead atoms. The van der Waals surface area contributed by atoms with E-state index in [-0.39, 0.29) is 5.91 Å². The lowest BCUT2D eigenvalue weighted by atomic mass is 10.1. The number of nitrogens with one attached hydrogen (secondary N) is 1. The van der Waals surface area contributed by atoms with Crippen LogP contribution in [0, 0.1) is 13.8 Å². The van der Waals surface area contributed by atoms with Crippen LogP contribution in [-0.2, 0) is 13.0 Å². The molecule has 1 aromatic heterocycles. The molecular weight excluding hydrogens is 358 g/mol. The van der Waals surface area contributed by atoms with Gasteiger partial charge in [-0.2, -0.15) is 0 Å². The average molecular weight is 383 g/mol. The van der Waals surface area contributed by atoms with Gasteiger partial charge in [0.1, 0.15) is 5.82 Å². The first kappa shape index (κ1) is 18.9. The Bertz CT molecular complexity index is 1140. The molecule has 1 N–H and O–H groups in total. The minimum Gasteiger partial charge on any atom is -0.352 e. The average Bonchev–Trinajstić information content (AvgIpc) is 3.07. The summed E-state index contributed by atoms with van der Waals surface area (Å²) < 4.78 is 2.26. The number of aromatic nitrogens is 2. The second kappa shape index (κ2) is 8.31. The quantitative estimate of drug-likeness (QED) is 0.526. The fraction of sp³-hybridized carbons (Fsp3) is 0.200. The van der Waals surface area contributed by atoms with E-state index in [9.17, 15) is 4.79 Å². The Balaban J connectivity index is 1.53. The maximum atomic E-state index is 12.4. The van der Waals surface area contributed by atoms with E-state index in [4.69, 9.17) is 4.98 Å². The summed E-state index contributed by atoms with van der Waals surface area (Å²) in [6.07, 6.45) is 0.679. The summed E-state index contributed by atoms with van der Waals surface area (Å²) in [5, 5.41) is 3.02. The van der Waals surface area contributed by atoms with Crippen LogP contribution < -0.4 is 5.32 Å². The molecule has 0 atom stereocenters. The second-order valence-corrected chi connectivity index (χ2v) is 7.40. The summed E-state index contributed by atoms with van der Waals surface area (Å²) in [7, 11) is 0. The van der Waals surface area contributed by atoms with E-state index in [1.807, 2.05) is 49.4 Å². The molecule has 4 rings (SSSR count). The molecule has 146 valence electrons. The number of para-hydroxylation sites is 2. The number of nitrogens with zero attached hydrogens (tertiary/aromatic N) is 2. The zero-order valence-electron chi connectivity index (χ0n) is 16.9. The number of carbonyl (C=O) groups is 1. The molecule has 4 heteroatoms. The van der Waals surface area contributed by atoms with Crippen molar-refractivity contribution in [2.24, 2.45) is 0 Å². The van der Waals surface area contributed by atoms with Gasteiger partial charge in [0.05, 0.1) is 11.0 Å². The number of benzene rings is 3. The summed E-state index contributed by atoms with van der Waals surface area (Å²) in [6, 6.07) is 24.3. The van der Waals surface area contributed by atoms with Gasteiger partial charge in [0.2, 0.25) is 0 Å². The van der Waals surface area contributed by atoms with Crippen molar-refractivity contribution in [3.05, 3.63) is 101 Å². The molecule has 1 heterocycles. The van der Waals surface area contributed by atoms with Gasteiger partial charge in [-0.15, -0.1) is 0 Å². The fourth-order valence-corrected chi connectivity index (χ4v) is 3.55. The Morgan fingerprint density at radius 1 is 0.931 bits per heavy atom. The first-order valence-corrected chi connectivity index (χ1v) is 9.95. The number of imidazole rings is 1. The van der Waals surface area contributed by atoms with Gasteiger partial charge in [-0.3, -0.25) is 4.79 Å². The summed E-state index contributed by atoms with van der Waals surface area (Å²) in [5.74, 6) is 0.935. The highest BCUT2D eigenvalue weighted by atomic mass is 16.1. The summed E-state index contributed by atoms with van der Waals surface area (Å²) in [6.45, 7) is 5.47. The van der Waals surface area contributed by atoms with Crippen LogP contribution in [0.15, 0.2) is 72.8 Å². The van der Waals surface area contributed by atoms with Crippen molar-refractivity contribution >= 4 is 16.9 Å². The normalized spacial score (nSPS) is 11.0. The van der Waals surface area contributed by atoms with E-state index in [1.165, 1.54) is 11.1 Å². The highest BCUT2D eigenvalue weighted by Crippen LogP contribution is 2.19. The molecule has 0 unspecified atom stereocenters. The van der Waals surface area contributed by atoms with Gasteiger partial charge in [0, 0.05) is 25.1 Å². The smallest absolute Gasteiger partial charge is 0.251 e. The monoisotopic (exact) mass is 383 g/mol. The molecule has 0 fully saturated rings. The molecule has 4 nitrogen and oxygen atoms in total. The second-order valence-electron chi connectivity index (χ2n) is 7.40. The standard InChI is InChI=1S/C25H25N3O/c1-18-11-13-20(14-12-18)25(29)26-16-15-24-27-22-9-5-6-10-23(22)28(24)17-21-8-4-3-7-19(21)2/h3-14H,15-17H2,1-2H3,(H,26,29). The lowest BCUT2D eigenvalue weighted by Gasteiger charge is -2.12. The first-order valence-electron chi connectivity index (χ1n) is 9.95. The Morgan fingerprint density at radius 3 is 2.45 bits per heavy atom. The van der Waals surface area contributed by atoms with Crippen LogP contribution in [0.4, 0.5) is 0 Å². The van der Waals surface area contributed by atoms with Crippen molar-refractivity contribution < 1.29 is 4.79 Å². The highest BCUT2D eigenvalue weighted by Gasteiger charge is 2.12. The molecule has 29 heavy (non-hydrogen) atoms. The summed E-state index contributed by atoms with van der Waals surface area (Å²) in [5.41, 5.74) is 6.48. The van der Waals surface area contributed by atoms with Crippen molar-refractivity contribution in [2.75, 3.05) is 6.54 Å². The van der Waals surface area contributed by atoms with Crippen LogP contribution >= 0.6 is 0 Å². The Labute approximate surface area is 171 Å². The lowest BCUT2D eigenvalue weighted by molar-refractivity contribution is 0.0954. The molecule has 0 aliphatic rings. The van der Waals surface area contributed by atoms with E-state index in [1.54, 1.807) is 0 Å². The molecular formula is C25H25N3O. The van der Waals surface area contributed by atoms with Gasteiger partial charge in [0.15, 0.2) is 0 Å². The maximum absolute atomic E-state index is 12.4. The van der Waals surface area contributed by atoms with Crippen LogP contribution in [0.5, 0.6) is 0 Å². The van der Waals surface area contributed by atoms with Gasteiger partial charge in [-0.1, -0.05) is 54.1 Å². The van der Waals surface area contributed by atoms with Crippen LogP contribution in [-0.4, -0.2) is 22.0 Å². The van der Waals surface area contributed by atoms with Crippen molar-refractivity contribution in [1.29, 1.82) is 0 Å². The van der Waals surface area contributed by atoms with Gasteiger partial charge in [0.25, 0.3) is 5.91 Å². The Morgan fingerprint density at radius 2 is 1.66 bits per heavy atom. The van der Waals surface area contributed by atoms with Crippen LogP contribution in [0.2, 0.25) is 0 Å². The predicted octanol–water partition coefficient (Wildman–Crippen LogP) is 4.67. The lowest BCUT2D eigenvalue weighted by Crippen LogP contribution is -2.26. The fourth-order valence-electron chi connectivity index (χ4n) is 3.55. The largest absolute Gasteiger partial charge is 0.352 e. The van der Waals surface area contributed by atoms with E-state index in [0.29, 0.717) is 18.5 Å². The molecule has 0 radical (unpaired) electrons. The zero-order valence-corrected chi connectivity index (χ0v) is 16.9. The number of aryl methyl sites for hydroxylation is 2. The van der Waals surface area contributed by atoms with Crippen LogP contribution in [0.3, 0.4) is 0 Å². The van der Waals surface area contributed by atoms with E-state index in [2.05, 4.69) is 47.1 Å². The van der Waals surface area contributed by atoms with Crippen molar-refractivity contribution in [3.63, 3.8) is 0 Å². The van der Waals surface area contributed by atoms with Crippen molar-refractivity contribution in [3.8, 4) is 0 Å². The van der Waals surface area contributed by atoms with Crippen molar-refractivity contribution in [2.45, 2.75) is 26.8 Å². The van der Waals surface area contributed by atoms with Gasteiger partial charge in [-0.25, -0.2) is 4.98 Å². The molecule has 0 aliphatic heterocycles. The number of rotatable bonds is 6. The third-order valence-electron chi connectivity index (χ3n) is 5.27. The number of carbonyl (C=O) groups excluding carboxylic acids is 1. The summed E-state index contributed by atoms with van der Waals surface area (Å²) in [4.78, 5) is 17.2. The van der Waals surface area contributed by atoms with Crippen LogP contribution in [0.1, 0.15) is 32.9 Å². The molecule has 0 spiro atoms. The maximum Gasteiger partial charge on any atom is 0.251 e. The van der Waals surface area contributed by atoms with Gasteiger partial charge >= 0.3 is 0 Å². The number of hydrogen-bond acceptors (Lipinski definition) is 2. The third-order valence-corrected chi connectivity index (χ3v) is 5.27. The van der Waals surface area contributed by atoms with E-state index < -0.39 is 0 Å². The Hall–Kier alpha value is -3.40. The van der Waals surface area contributed by atoms with Gasteiger partial charge in [-0.05, 0) is 49.2 Å². The molecule has 4 aromatic rings. The van der Waals surface area contributed by atoms with E-state index >= 15 is 0 Å². The topological polar surface area (TPSA) is 46.9 Å². The third kappa shape index (κ3) is 4.21. The SMILES string of the molecule is Cc1ccc(C(=O)NCCc2nc3ccccc3n2Cc2ccccc2C)cc1. The number of hydrogen-bond donors (Lipinski definition) is 1. The van der Waals surface area contributed by atoms with E-state index in [0.717, 1.165) is 29.0 Å². The first-order chi connectivity index (χ1) is 14.1. The van der Waals surface area contributed by atoms with Crippen LogP contribution in [0.25, 0.3) is 11.0 Å². The predicted molar refractivity (Wildman–Crippen MR) is 117 cm³/mol. The minimum absolute atomic E-state index is 0.0495. The van der Waals surface area contributed by atoms with Gasteiger partial charge < -0.3 is 9.88 Å². The number of fused-ring (bicyclic) bond motifs is 1. The molecule has 0 saturated carbocycles. The number of amides is 1. The van der Waals surface area contributed by atoms with Crippen molar-refractivity contribution in [1.82, 2.24) is 14.9 Å². The highest BCUT2D eigenvalue weighted by molar-refractivity contribution is 5.94. The molecule has 1 amide bonds. The molecule has 3 aromatic carbocycles. The summed E-state index contributed by atoms with van der Waals surface area (Å²) >= 11 is 0.